The van der Waals surface area contributed by atoms with Gasteiger partial charge in [-0.3, -0.25) is 9.59 Å². The molecule has 5 heteroatoms. The van der Waals surface area contributed by atoms with E-state index >= 15 is 0 Å². The number of hydrogen-bond acceptors (Lipinski definition) is 3. The van der Waals surface area contributed by atoms with Crippen molar-refractivity contribution >= 4 is 5.91 Å². The summed E-state index contributed by atoms with van der Waals surface area (Å²) in [5, 5.41) is 7.03. The van der Waals surface area contributed by atoms with E-state index in [2.05, 4.69) is 17.3 Å². The molecular weight excluding hydrogens is 266 g/mol. The maximum Gasteiger partial charge on any atom is 0.267 e. The standard InChI is InChI=1S/C16H19N3O2/c1-2-3-11-17-15(20)12-19-16(21)10-9-14(18-19)13-7-5-4-6-8-13/h4-10H,2-3,11-12H2,1H3,(H,17,20). The van der Waals surface area contributed by atoms with Crippen molar-refractivity contribution in [2.24, 2.45) is 0 Å². The van der Waals surface area contributed by atoms with Crippen LogP contribution in [-0.2, 0) is 11.3 Å². The highest BCUT2D eigenvalue weighted by molar-refractivity contribution is 5.75. The molecule has 1 aromatic carbocycles. The molecule has 21 heavy (non-hydrogen) atoms. The van der Waals surface area contributed by atoms with Crippen LogP contribution in [0.3, 0.4) is 0 Å². The van der Waals surface area contributed by atoms with Gasteiger partial charge in [0.15, 0.2) is 0 Å². The lowest BCUT2D eigenvalue weighted by Crippen LogP contribution is -2.33. The molecule has 0 fully saturated rings. The van der Waals surface area contributed by atoms with Gasteiger partial charge in [-0.25, -0.2) is 4.68 Å². The van der Waals surface area contributed by atoms with E-state index in [9.17, 15) is 9.59 Å². The fourth-order valence-corrected chi connectivity index (χ4v) is 1.92. The number of carbonyl (C=O) groups is 1. The maximum atomic E-state index is 11.8. The summed E-state index contributed by atoms with van der Waals surface area (Å²) >= 11 is 0. The van der Waals surface area contributed by atoms with Crippen LogP contribution in [0.4, 0.5) is 0 Å². The Hall–Kier alpha value is -2.43. The van der Waals surface area contributed by atoms with E-state index in [1.54, 1.807) is 6.07 Å². The lowest BCUT2D eigenvalue weighted by molar-refractivity contribution is -0.121. The van der Waals surface area contributed by atoms with E-state index in [0.29, 0.717) is 12.2 Å². The molecule has 0 aliphatic heterocycles. The first-order valence-electron chi connectivity index (χ1n) is 7.11. The second-order valence-electron chi connectivity index (χ2n) is 4.78. The molecule has 0 atom stereocenters. The summed E-state index contributed by atoms with van der Waals surface area (Å²) in [6.07, 6.45) is 1.94. The predicted molar refractivity (Wildman–Crippen MR) is 81.9 cm³/mol. The van der Waals surface area contributed by atoms with Gasteiger partial charge < -0.3 is 5.32 Å². The number of benzene rings is 1. The molecule has 5 nitrogen and oxygen atoms in total. The van der Waals surface area contributed by atoms with Crippen LogP contribution in [0.1, 0.15) is 19.8 Å². The number of aromatic nitrogens is 2. The average molecular weight is 285 g/mol. The molecule has 0 saturated heterocycles. The molecule has 0 spiro atoms. The van der Waals surface area contributed by atoms with Crippen LogP contribution in [0.5, 0.6) is 0 Å². The Labute approximate surface area is 123 Å². The van der Waals surface area contributed by atoms with Crippen LogP contribution in [0, 0.1) is 0 Å². The molecule has 110 valence electrons. The van der Waals surface area contributed by atoms with Gasteiger partial charge in [0.05, 0.1) is 5.69 Å². The van der Waals surface area contributed by atoms with Gasteiger partial charge in [-0.1, -0.05) is 43.7 Å². The van der Waals surface area contributed by atoms with E-state index in [0.717, 1.165) is 18.4 Å². The Balaban J connectivity index is 2.13. The first-order chi connectivity index (χ1) is 10.2. The van der Waals surface area contributed by atoms with Crippen molar-refractivity contribution in [2.75, 3.05) is 6.54 Å². The monoisotopic (exact) mass is 285 g/mol. The Bertz CT molecular complexity index is 650. The average Bonchev–Trinajstić information content (AvgIpc) is 2.51. The van der Waals surface area contributed by atoms with Gasteiger partial charge in [0, 0.05) is 18.2 Å². The number of unbranched alkanes of at least 4 members (excludes halogenated alkanes) is 1. The molecule has 0 aliphatic carbocycles. The Morgan fingerprint density at radius 1 is 1.19 bits per heavy atom. The summed E-state index contributed by atoms with van der Waals surface area (Å²) in [6, 6.07) is 12.7. The molecule has 1 aromatic heterocycles. The van der Waals surface area contributed by atoms with Crippen molar-refractivity contribution in [1.82, 2.24) is 15.1 Å². The van der Waals surface area contributed by atoms with Crippen molar-refractivity contribution < 1.29 is 4.79 Å². The lowest BCUT2D eigenvalue weighted by atomic mass is 10.1. The van der Waals surface area contributed by atoms with Gasteiger partial charge in [0.2, 0.25) is 5.91 Å². The van der Waals surface area contributed by atoms with Crippen LogP contribution < -0.4 is 10.9 Å². The summed E-state index contributed by atoms with van der Waals surface area (Å²) in [7, 11) is 0. The van der Waals surface area contributed by atoms with Gasteiger partial charge in [0.25, 0.3) is 5.56 Å². The van der Waals surface area contributed by atoms with Crippen molar-refractivity contribution in [2.45, 2.75) is 26.3 Å². The van der Waals surface area contributed by atoms with Crippen molar-refractivity contribution in [3.63, 3.8) is 0 Å². The topological polar surface area (TPSA) is 64.0 Å². The fourth-order valence-electron chi connectivity index (χ4n) is 1.92. The SMILES string of the molecule is CCCCNC(=O)Cn1nc(-c2ccccc2)ccc1=O. The minimum absolute atomic E-state index is 0.0524. The third kappa shape index (κ3) is 4.27. The highest BCUT2D eigenvalue weighted by atomic mass is 16.2. The molecular formula is C16H19N3O2. The van der Waals surface area contributed by atoms with Crippen LogP contribution in [-0.4, -0.2) is 22.2 Å². The summed E-state index contributed by atoms with van der Waals surface area (Å²) in [4.78, 5) is 23.6. The van der Waals surface area contributed by atoms with Crippen LogP contribution in [0.15, 0.2) is 47.3 Å². The number of hydrogen-bond donors (Lipinski definition) is 1. The molecule has 1 heterocycles. The molecule has 0 bridgehead atoms. The van der Waals surface area contributed by atoms with E-state index in [1.807, 2.05) is 30.3 Å². The summed E-state index contributed by atoms with van der Waals surface area (Å²) < 4.78 is 1.20. The molecule has 0 radical (unpaired) electrons. The predicted octanol–water partition coefficient (Wildman–Crippen LogP) is 1.83. The first kappa shape index (κ1) is 15.0. The second-order valence-corrected chi connectivity index (χ2v) is 4.78. The van der Waals surface area contributed by atoms with E-state index < -0.39 is 0 Å². The van der Waals surface area contributed by atoms with E-state index in [1.165, 1.54) is 10.7 Å². The first-order valence-corrected chi connectivity index (χ1v) is 7.11. The van der Waals surface area contributed by atoms with Crippen LogP contribution >= 0.6 is 0 Å². The van der Waals surface area contributed by atoms with Crippen molar-refractivity contribution in [3.05, 3.63) is 52.8 Å². The normalized spacial score (nSPS) is 10.3. The Kier molecular flexibility index (Phi) is 5.26. The molecule has 2 rings (SSSR count). The fraction of sp³-hybridized carbons (Fsp3) is 0.312. The zero-order valence-electron chi connectivity index (χ0n) is 12.1. The molecule has 0 saturated carbocycles. The highest BCUT2D eigenvalue weighted by Gasteiger charge is 2.07. The van der Waals surface area contributed by atoms with Gasteiger partial charge in [-0.05, 0) is 12.5 Å². The molecule has 2 aromatic rings. The highest BCUT2D eigenvalue weighted by Crippen LogP contribution is 2.13. The van der Waals surface area contributed by atoms with Crippen LogP contribution in [0.2, 0.25) is 0 Å². The van der Waals surface area contributed by atoms with Gasteiger partial charge in [0.1, 0.15) is 6.54 Å². The molecule has 1 N–H and O–H groups in total. The quantitative estimate of drug-likeness (QED) is 0.823. The minimum Gasteiger partial charge on any atom is -0.354 e. The Morgan fingerprint density at radius 3 is 2.67 bits per heavy atom. The molecule has 1 amide bonds. The largest absolute Gasteiger partial charge is 0.354 e. The Morgan fingerprint density at radius 2 is 1.95 bits per heavy atom. The summed E-state index contributed by atoms with van der Waals surface area (Å²) in [5.74, 6) is -0.191. The molecule has 0 unspecified atom stereocenters. The van der Waals surface area contributed by atoms with Gasteiger partial charge >= 0.3 is 0 Å². The van der Waals surface area contributed by atoms with E-state index in [4.69, 9.17) is 0 Å². The number of nitrogens with zero attached hydrogens (tertiary/aromatic N) is 2. The zero-order valence-corrected chi connectivity index (χ0v) is 12.1. The van der Waals surface area contributed by atoms with Gasteiger partial charge in [-0.2, -0.15) is 5.10 Å². The summed E-state index contributed by atoms with van der Waals surface area (Å²) in [5.41, 5.74) is 1.31. The number of carbonyl (C=O) groups excluding carboxylic acids is 1. The van der Waals surface area contributed by atoms with E-state index in [-0.39, 0.29) is 18.0 Å². The van der Waals surface area contributed by atoms with Crippen LogP contribution in [0.25, 0.3) is 11.3 Å². The van der Waals surface area contributed by atoms with Gasteiger partial charge in [-0.15, -0.1) is 0 Å². The maximum absolute atomic E-state index is 11.8. The number of rotatable bonds is 6. The number of amides is 1. The van der Waals surface area contributed by atoms with Crippen molar-refractivity contribution in [3.8, 4) is 11.3 Å². The zero-order chi connectivity index (χ0) is 15.1. The molecule has 0 aliphatic rings. The number of nitrogens with one attached hydrogen (secondary N) is 1. The third-order valence-electron chi connectivity index (χ3n) is 3.08. The summed E-state index contributed by atoms with van der Waals surface area (Å²) in [6.45, 7) is 2.63. The lowest BCUT2D eigenvalue weighted by Gasteiger charge is -2.08. The van der Waals surface area contributed by atoms with Crippen molar-refractivity contribution in [1.29, 1.82) is 0 Å². The second kappa shape index (κ2) is 7.38. The third-order valence-corrected chi connectivity index (χ3v) is 3.08. The smallest absolute Gasteiger partial charge is 0.267 e. The minimum atomic E-state index is -0.277.